The van der Waals surface area contributed by atoms with Crippen molar-refractivity contribution in [3.05, 3.63) is 48.6 Å². The molecule has 5 nitrogen and oxygen atoms in total. The van der Waals surface area contributed by atoms with Gasteiger partial charge in [-0.05, 0) is 32.8 Å². The summed E-state index contributed by atoms with van der Waals surface area (Å²) in [7, 11) is 1.29. The number of alkyl carbamates (subject to hydrolysis) is 1. The van der Waals surface area contributed by atoms with Gasteiger partial charge in [0.15, 0.2) is 0 Å². The molecule has 0 aliphatic heterocycles. The van der Waals surface area contributed by atoms with Gasteiger partial charge < -0.3 is 14.8 Å². The molecule has 0 aromatic heterocycles. The van der Waals surface area contributed by atoms with Crippen LogP contribution in [0, 0.1) is 0 Å². The van der Waals surface area contributed by atoms with E-state index < -0.39 is 23.2 Å². The average Bonchev–Trinajstić information content (AvgIpc) is 2.45. The molecule has 0 spiro atoms. The lowest BCUT2D eigenvalue weighted by Crippen LogP contribution is -2.57. The molecule has 0 radical (unpaired) electrons. The molecule has 1 aromatic rings. The summed E-state index contributed by atoms with van der Waals surface area (Å²) in [6.07, 6.45) is 1.43. The second-order valence-corrected chi connectivity index (χ2v) is 6.36. The molecule has 1 N–H and O–H groups in total. The molecule has 0 aliphatic rings. The fourth-order valence-electron chi connectivity index (χ4n) is 2.26. The summed E-state index contributed by atoms with van der Waals surface area (Å²) >= 11 is 0. The van der Waals surface area contributed by atoms with Crippen molar-refractivity contribution in [3.63, 3.8) is 0 Å². The van der Waals surface area contributed by atoms with Crippen molar-refractivity contribution in [1.29, 1.82) is 0 Å². The van der Waals surface area contributed by atoms with Crippen LogP contribution >= 0.6 is 0 Å². The largest absolute Gasteiger partial charge is 0.467 e. The molecule has 0 aliphatic carbocycles. The second kappa shape index (κ2) is 7.81. The number of carbonyl (C=O) groups excluding carboxylic acids is 2. The van der Waals surface area contributed by atoms with E-state index in [0.717, 1.165) is 5.56 Å². The zero-order chi connectivity index (χ0) is 17.5. The number of carbonyl (C=O) groups is 2. The first kappa shape index (κ1) is 18.7. The van der Waals surface area contributed by atoms with Gasteiger partial charge in [0.2, 0.25) is 0 Å². The summed E-state index contributed by atoms with van der Waals surface area (Å²) < 4.78 is 10.2. The summed E-state index contributed by atoms with van der Waals surface area (Å²) in [5.74, 6) is -0.535. The Morgan fingerprint density at radius 1 is 1.22 bits per heavy atom. The van der Waals surface area contributed by atoms with Crippen molar-refractivity contribution >= 4 is 12.1 Å². The summed E-state index contributed by atoms with van der Waals surface area (Å²) in [5, 5.41) is 2.68. The summed E-state index contributed by atoms with van der Waals surface area (Å²) in [6, 6.07) is 9.41. The molecular weight excluding hydrogens is 294 g/mol. The number of ether oxygens (including phenoxy) is 2. The standard InChI is InChI=1S/C18H25NO4/c1-6-12-18(15(20)22-5,13-14-10-8-7-9-11-14)19-16(21)23-17(2,3)4/h6-11H,1,12-13H2,2-5H3,(H,19,21). The van der Waals surface area contributed by atoms with Crippen LogP contribution in [0.25, 0.3) is 0 Å². The Hall–Kier alpha value is -2.30. The highest BCUT2D eigenvalue weighted by Gasteiger charge is 2.41. The molecule has 0 fully saturated rings. The van der Waals surface area contributed by atoms with Gasteiger partial charge in [0, 0.05) is 6.42 Å². The molecule has 1 aromatic carbocycles. The minimum absolute atomic E-state index is 0.230. The van der Waals surface area contributed by atoms with E-state index in [4.69, 9.17) is 9.47 Å². The summed E-state index contributed by atoms with van der Waals surface area (Å²) in [6.45, 7) is 8.97. The number of hydrogen-bond acceptors (Lipinski definition) is 4. The predicted molar refractivity (Wildman–Crippen MR) is 89.1 cm³/mol. The molecule has 5 heteroatoms. The molecule has 0 saturated carbocycles. The Balaban J connectivity index is 3.10. The number of nitrogens with one attached hydrogen (secondary N) is 1. The molecular formula is C18H25NO4. The lowest BCUT2D eigenvalue weighted by Gasteiger charge is -2.32. The molecule has 0 heterocycles. The lowest BCUT2D eigenvalue weighted by molar-refractivity contribution is -0.148. The van der Waals surface area contributed by atoms with E-state index in [9.17, 15) is 9.59 Å². The number of esters is 1. The lowest BCUT2D eigenvalue weighted by atomic mass is 9.87. The van der Waals surface area contributed by atoms with E-state index in [1.165, 1.54) is 7.11 Å². The number of amides is 1. The van der Waals surface area contributed by atoms with Crippen molar-refractivity contribution in [2.24, 2.45) is 0 Å². The Bertz CT molecular complexity index is 548. The van der Waals surface area contributed by atoms with Crippen molar-refractivity contribution in [2.45, 2.75) is 44.8 Å². The van der Waals surface area contributed by atoms with Crippen LogP contribution in [0.15, 0.2) is 43.0 Å². The summed E-state index contributed by atoms with van der Waals surface area (Å²) in [5.41, 5.74) is -1.01. The highest BCUT2D eigenvalue weighted by Crippen LogP contribution is 2.21. The first-order chi connectivity index (χ1) is 10.7. The third-order valence-electron chi connectivity index (χ3n) is 3.16. The number of rotatable bonds is 6. The van der Waals surface area contributed by atoms with Crippen LogP contribution in [0.2, 0.25) is 0 Å². The van der Waals surface area contributed by atoms with Crippen LogP contribution in [-0.2, 0) is 20.7 Å². The van der Waals surface area contributed by atoms with Gasteiger partial charge in [-0.3, -0.25) is 0 Å². The quantitative estimate of drug-likeness (QED) is 0.646. The highest BCUT2D eigenvalue weighted by molar-refractivity contribution is 5.86. The van der Waals surface area contributed by atoms with Crippen LogP contribution in [0.5, 0.6) is 0 Å². The van der Waals surface area contributed by atoms with Crippen LogP contribution in [0.4, 0.5) is 4.79 Å². The maximum atomic E-state index is 12.4. The predicted octanol–water partition coefficient (Wildman–Crippen LogP) is 3.24. The van der Waals surface area contributed by atoms with E-state index in [1.807, 2.05) is 30.3 Å². The van der Waals surface area contributed by atoms with Gasteiger partial charge >= 0.3 is 12.1 Å². The van der Waals surface area contributed by atoms with Gasteiger partial charge in [-0.25, -0.2) is 9.59 Å². The molecule has 23 heavy (non-hydrogen) atoms. The van der Waals surface area contributed by atoms with Crippen molar-refractivity contribution in [1.82, 2.24) is 5.32 Å². The Labute approximate surface area is 137 Å². The maximum Gasteiger partial charge on any atom is 0.408 e. The van der Waals surface area contributed by atoms with E-state index in [-0.39, 0.29) is 12.8 Å². The maximum absolute atomic E-state index is 12.4. The Morgan fingerprint density at radius 2 is 1.83 bits per heavy atom. The van der Waals surface area contributed by atoms with Crippen LogP contribution in [0.1, 0.15) is 32.8 Å². The normalized spacial score (nSPS) is 13.6. The first-order valence-electron chi connectivity index (χ1n) is 7.47. The molecule has 1 atom stereocenters. The number of hydrogen-bond donors (Lipinski definition) is 1. The van der Waals surface area contributed by atoms with Crippen molar-refractivity contribution < 1.29 is 19.1 Å². The highest BCUT2D eigenvalue weighted by atomic mass is 16.6. The molecule has 1 amide bonds. The Morgan fingerprint density at radius 3 is 2.30 bits per heavy atom. The van der Waals surface area contributed by atoms with Gasteiger partial charge in [0.05, 0.1) is 7.11 Å². The Kier molecular flexibility index (Phi) is 6.37. The van der Waals surface area contributed by atoms with Gasteiger partial charge in [0.1, 0.15) is 11.1 Å². The van der Waals surface area contributed by atoms with Crippen LogP contribution in [0.3, 0.4) is 0 Å². The number of methoxy groups -OCH3 is 1. The molecule has 0 bridgehead atoms. The topological polar surface area (TPSA) is 64.6 Å². The third kappa shape index (κ3) is 5.77. The van der Waals surface area contributed by atoms with Crippen molar-refractivity contribution in [2.75, 3.05) is 7.11 Å². The molecule has 1 rings (SSSR count). The zero-order valence-corrected chi connectivity index (χ0v) is 14.2. The van der Waals surface area contributed by atoms with Crippen LogP contribution in [-0.4, -0.2) is 30.3 Å². The molecule has 0 saturated heterocycles. The third-order valence-corrected chi connectivity index (χ3v) is 3.16. The van der Waals surface area contributed by atoms with Gasteiger partial charge in [-0.15, -0.1) is 6.58 Å². The van der Waals surface area contributed by atoms with E-state index in [2.05, 4.69) is 11.9 Å². The van der Waals surface area contributed by atoms with Gasteiger partial charge in [-0.2, -0.15) is 0 Å². The molecule has 126 valence electrons. The zero-order valence-electron chi connectivity index (χ0n) is 14.2. The summed E-state index contributed by atoms with van der Waals surface area (Å²) in [4.78, 5) is 24.6. The monoisotopic (exact) mass is 319 g/mol. The molecule has 1 unspecified atom stereocenters. The number of benzene rings is 1. The average molecular weight is 319 g/mol. The SMILES string of the molecule is C=CCC(Cc1ccccc1)(NC(=O)OC(C)(C)C)C(=O)OC. The van der Waals surface area contributed by atoms with E-state index >= 15 is 0 Å². The smallest absolute Gasteiger partial charge is 0.408 e. The van der Waals surface area contributed by atoms with E-state index in [0.29, 0.717) is 0 Å². The first-order valence-corrected chi connectivity index (χ1v) is 7.47. The van der Waals surface area contributed by atoms with Crippen molar-refractivity contribution in [3.8, 4) is 0 Å². The van der Waals surface area contributed by atoms with E-state index in [1.54, 1.807) is 26.8 Å². The van der Waals surface area contributed by atoms with Gasteiger partial charge in [0.25, 0.3) is 0 Å². The van der Waals surface area contributed by atoms with Crippen LogP contribution < -0.4 is 5.32 Å². The minimum Gasteiger partial charge on any atom is -0.467 e. The fourth-order valence-corrected chi connectivity index (χ4v) is 2.26. The minimum atomic E-state index is -1.25. The van der Waals surface area contributed by atoms with Gasteiger partial charge in [-0.1, -0.05) is 36.4 Å². The second-order valence-electron chi connectivity index (χ2n) is 6.36. The fraction of sp³-hybridized carbons (Fsp3) is 0.444.